The molecule has 0 unspecified atom stereocenters. The highest BCUT2D eigenvalue weighted by Crippen LogP contribution is 1.94. The monoisotopic (exact) mass is 204 g/mol. The van der Waals surface area contributed by atoms with Gasteiger partial charge < -0.3 is 14.6 Å². The molecule has 0 aromatic carbocycles. The van der Waals surface area contributed by atoms with Gasteiger partial charge in [0.25, 0.3) is 5.78 Å². The Morgan fingerprint density at radius 3 is 2.07 bits per heavy atom. The lowest BCUT2D eigenvalue weighted by molar-refractivity contribution is -0.166. The molecule has 1 atom stereocenters. The van der Waals surface area contributed by atoms with Crippen LogP contribution in [0.1, 0.15) is 13.8 Å². The van der Waals surface area contributed by atoms with Crippen LogP contribution < -0.4 is 0 Å². The number of rotatable bonds is 5. The molecule has 0 rings (SSSR count). The molecule has 0 aliphatic heterocycles. The van der Waals surface area contributed by atoms with Crippen LogP contribution in [0.4, 0.5) is 0 Å². The number of aliphatic hydroxyl groups is 1. The molecular weight excluding hydrogens is 192 g/mol. The summed E-state index contributed by atoms with van der Waals surface area (Å²) in [5.74, 6) is -3.70. The summed E-state index contributed by atoms with van der Waals surface area (Å²) in [5, 5.41) is 8.99. The maximum Gasteiger partial charge on any atom is 0.378 e. The smallest absolute Gasteiger partial charge is 0.378 e. The Morgan fingerprint density at radius 1 is 1.14 bits per heavy atom. The zero-order valence-corrected chi connectivity index (χ0v) is 7.98. The summed E-state index contributed by atoms with van der Waals surface area (Å²) in [5.41, 5.74) is 0. The van der Waals surface area contributed by atoms with E-state index in [0.717, 1.165) is 0 Å². The van der Waals surface area contributed by atoms with Crippen molar-refractivity contribution in [2.24, 2.45) is 0 Å². The van der Waals surface area contributed by atoms with Gasteiger partial charge in [-0.1, -0.05) is 0 Å². The first-order valence-corrected chi connectivity index (χ1v) is 4.10. The summed E-state index contributed by atoms with van der Waals surface area (Å²) in [4.78, 5) is 32.5. The quantitative estimate of drug-likeness (QED) is 0.352. The van der Waals surface area contributed by atoms with Crippen LogP contribution in [-0.2, 0) is 23.9 Å². The maximum atomic E-state index is 10.9. The molecule has 0 aromatic heterocycles. The Morgan fingerprint density at radius 2 is 1.64 bits per heavy atom. The fraction of sp³-hybridized carbons (Fsp3) is 0.625. The molecule has 0 aliphatic carbocycles. The lowest BCUT2D eigenvalue weighted by Crippen LogP contribution is -2.37. The van der Waals surface area contributed by atoms with Gasteiger partial charge in [-0.25, -0.2) is 9.59 Å². The highest BCUT2D eigenvalue weighted by atomic mass is 16.6. The third-order valence-corrected chi connectivity index (χ3v) is 1.23. The van der Waals surface area contributed by atoms with Crippen molar-refractivity contribution in [3.05, 3.63) is 0 Å². The van der Waals surface area contributed by atoms with Gasteiger partial charge in [-0.05, 0) is 13.8 Å². The highest BCUT2D eigenvalue weighted by molar-refractivity contribution is 6.39. The third-order valence-electron chi connectivity index (χ3n) is 1.23. The van der Waals surface area contributed by atoms with E-state index >= 15 is 0 Å². The van der Waals surface area contributed by atoms with Crippen molar-refractivity contribution in [2.75, 3.05) is 13.2 Å². The van der Waals surface area contributed by atoms with Crippen LogP contribution in [0.15, 0.2) is 0 Å². The van der Waals surface area contributed by atoms with E-state index in [0.29, 0.717) is 0 Å². The van der Waals surface area contributed by atoms with Crippen LogP contribution in [-0.4, -0.2) is 42.1 Å². The van der Waals surface area contributed by atoms with Crippen LogP contribution in [0.2, 0.25) is 0 Å². The van der Waals surface area contributed by atoms with Crippen molar-refractivity contribution >= 4 is 17.7 Å². The second-order valence-corrected chi connectivity index (χ2v) is 2.24. The van der Waals surface area contributed by atoms with Crippen LogP contribution in [0.5, 0.6) is 0 Å². The van der Waals surface area contributed by atoms with Crippen LogP contribution in [0.25, 0.3) is 0 Å². The fourth-order valence-electron chi connectivity index (χ4n) is 0.642. The molecule has 0 spiro atoms. The Balaban J connectivity index is 4.24. The molecule has 0 amide bonds. The van der Waals surface area contributed by atoms with Gasteiger partial charge in [0.1, 0.15) is 0 Å². The van der Waals surface area contributed by atoms with E-state index in [1.165, 1.54) is 13.8 Å². The summed E-state index contributed by atoms with van der Waals surface area (Å²) in [6, 6.07) is 0. The van der Waals surface area contributed by atoms with Crippen molar-refractivity contribution in [1.29, 1.82) is 0 Å². The van der Waals surface area contributed by atoms with E-state index in [2.05, 4.69) is 9.47 Å². The molecule has 0 fully saturated rings. The number of hydrogen-bond donors (Lipinski definition) is 1. The summed E-state index contributed by atoms with van der Waals surface area (Å²) in [7, 11) is 0. The number of carbonyl (C=O) groups excluding carboxylic acids is 3. The van der Waals surface area contributed by atoms with Gasteiger partial charge >= 0.3 is 11.9 Å². The normalized spacial score (nSPS) is 11.6. The summed E-state index contributed by atoms with van der Waals surface area (Å²) in [6.45, 7) is 3.04. The molecular formula is C8H12O6. The van der Waals surface area contributed by atoms with Crippen molar-refractivity contribution in [3.63, 3.8) is 0 Å². The SMILES string of the molecule is CCOC(=O)C(=O)[C@@H](O)C(=O)OCC. The molecule has 0 aromatic rings. The number of Topliss-reactive ketones (excluding diaryl/α,β-unsaturated/α-hetero) is 1. The van der Waals surface area contributed by atoms with Crippen LogP contribution >= 0.6 is 0 Å². The van der Waals surface area contributed by atoms with Crippen molar-refractivity contribution in [1.82, 2.24) is 0 Å². The molecule has 0 saturated heterocycles. The van der Waals surface area contributed by atoms with E-state index in [4.69, 9.17) is 5.11 Å². The molecule has 0 saturated carbocycles. The van der Waals surface area contributed by atoms with Gasteiger partial charge in [0.05, 0.1) is 13.2 Å². The molecule has 0 aliphatic rings. The van der Waals surface area contributed by atoms with E-state index in [1.54, 1.807) is 0 Å². The van der Waals surface area contributed by atoms with Gasteiger partial charge in [0.15, 0.2) is 0 Å². The summed E-state index contributed by atoms with van der Waals surface area (Å²) in [6.07, 6.45) is -2.09. The summed E-state index contributed by atoms with van der Waals surface area (Å²) < 4.78 is 8.63. The van der Waals surface area contributed by atoms with Gasteiger partial charge in [0, 0.05) is 0 Å². The first-order chi connectivity index (χ1) is 6.54. The average Bonchev–Trinajstić information content (AvgIpc) is 2.16. The Hall–Kier alpha value is -1.43. The number of hydrogen-bond acceptors (Lipinski definition) is 6. The van der Waals surface area contributed by atoms with Gasteiger partial charge in [-0.3, -0.25) is 4.79 Å². The second-order valence-electron chi connectivity index (χ2n) is 2.24. The zero-order chi connectivity index (χ0) is 11.1. The third kappa shape index (κ3) is 3.53. The van der Waals surface area contributed by atoms with E-state index < -0.39 is 23.8 Å². The molecule has 0 heterocycles. The lowest BCUT2D eigenvalue weighted by Gasteiger charge is -2.07. The number of aliphatic hydroxyl groups excluding tert-OH is 1. The highest BCUT2D eigenvalue weighted by Gasteiger charge is 2.31. The van der Waals surface area contributed by atoms with Crippen LogP contribution in [0.3, 0.4) is 0 Å². The zero-order valence-electron chi connectivity index (χ0n) is 7.98. The van der Waals surface area contributed by atoms with Gasteiger partial charge in [-0.15, -0.1) is 0 Å². The molecule has 1 N–H and O–H groups in total. The number of ether oxygens (including phenoxy) is 2. The second kappa shape index (κ2) is 6.09. The lowest BCUT2D eigenvalue weighted by atomic mass is 10.2. The van der Waals surface area contributed by atoms with Gasteiger partial charge in [0.2, 0.25) is 6.10 Å². The van der Waals surface area contributed by atoms with E-state index in [9.17, 15) is 14.4 Å². The average molecular weight is 204 g/mol. The predicted octanol–water partition coefficient (Wildman–Crippen LogP) is -0.957. The fourth-order valence-corrected chi connectivity index (χ4v) is 0.642. The molecule has 0 radical (unpaired) electrons. The van der Waals surface area contributed by atoms with E-state index in [-0.39, 0.29) is 13.2 Å². The molecule has 6 heteroatoms. The van der Waals surface area contributed by atoms with Crippen molar-refractivity contribution < 1.29 is 29.0 Å². The summed E-state index contributed by atoms with van der Waals surface area (Å²) >= 11 is 0. The van der Waals surface area contributed by atoms with Crippen LogP contribution in [0, 0.1) is 0 Å². The molecule has 14 heavy (non-hydrogen) atoms. The standard InChI is InChI=1S/C8H12O6/c1-3-13-7(11)5(9)6(10)8(12)14-4-2/h5,9H,3-4H2,1-2H3/t5-/m1/s1. The first-order valence-electron chi connectivity index (χ1n) is 4.10. The predicted molar refractivity (Wildman–Crippen MR) is 44.3 cm³/mol. The first kappa shape index (κ1) is 12.6. The molecule has 80 valence electrons. The molecule has 6 nitrogen and oxygen atoms in total. The van der Waals surface area contributed by atoms with Gasteiger partial charge in [-0.2, -0.15) is 0 Å². The largest absolute Gasteiger partial charge is 0.464 e. The van der Waals surface area contributed by atoms with E-state index in [1.807, 2.05) is 0 Å². The van der Waals surface area contributed by atoms with Crippen molar-refractivity contribution in [3.8, 4) is 0 Å². The molecule has 0 bridgehead atoms. The number of esters is 2. The van der Waals surface area contributed by atoms with Crippen molar-refractivity contribution in [2.45, 2.75) is 20.0 Å². The maximum absolute atomic E-state index is 10.9. The Kier molecular flexibility index (Phi) is 5.47. The topological polar surface area (TPSA) is 89.9 Å². The number of carbonyl (C=O) groups is 3. The minimum Gasteiger partial charge on any atom is -0.464 e. The number of ketones is 1. The Bertz CT molecular complexity index is 234. The Labute approximate surface area is 80.8 Å². The minimum atomic E-state index is -2.09. The minimum absolute atomic E-state index is 0.000118.